The van der Waals surface area contributed by atoms with Gasteiger partial charge in [0.1, 0.15) is 5.54 Å². The molecule has 0 unspecified atom stereocenters. The zero-order valence-electron chi connectivity index (χ0n) is 11.7. The van der Waals surface area contributed by atoms with Crippen LogP contribution in [0.2, 0.25) is 0 Å². The van der Waals surface area contributed by atoms with Crippen molar-refractivity contribution < 1.29 is 14.7 Å². The molecule has 1 amide bonds. The minimum Gasteiger partial charge on any atom is -0.480 e. The van der Waals surface area contributed by atoms with Crippen LogP contribution in [0.25, 0.3) is 6.08 Å². The van der Waals surface area contributed by atoms with Crippen molar-refractivity contribution in [2.75, 3.05) is 5.73 Å². The third kappa shape index (κ3) is 3.85. The number of rotatable bonds is 6. The second-order valence-corrected chi connectivity index (χ2v) is 4.59. The van der Waals surface area contributed by atoms with Crippen molar-refractivity contribution in [1.29, 1.82) is 0 Å². The van der Waals surface area contributed by atoms with E-state index in [9.17, 15) is 14.7 Å². The van der Waals surface area contributed by atoms with Crippen LogP contribution in [0.4, 0.5) is 5.69 Å². The Balaban J connectivity index is 2.79. The van der Waals surface area contributed by atoms with E-state index in [-0.39, 0.29) is 0 Å². The van der Waals surface area contributed by atoms with Gasteiger partial charge in [-0.1, -0.05) is 26.0 Å². The molecule has 5 nitrogen and oxygen atoms in total. The highest BCUT2D eigenvalue weighted by molar-refractivity contribution is 5.95. The van der Waals surface area contributed by atoms with E-state index in [1.54, 1.807) is 38.1 Å². The fourth-order valence-corrected chi connectivity index (χ4v) is 1.89. The smallest absolute Gasteiger partial charge is 0.329 e. The van der Waals surface area contributed by atoms with Gasteiger partial charge in [-0.15, -0.1) is 0 Å². The molecule has 20 heavy (non-hydrogen) atoms. The molecular formula is C15H20N2O3. The molecule has 0 bridgehead atoms. The van der Waals surface area contributed by atoms with E-state index in [0.717, 1.165) is 5.56 Å². The summed E-state index contributed by atoms with van der Waals surface area (Å²) in [4.78, 5) is 23.1. The first kappa shape index (κ1) is 15.8. The summed E-state index contributed by atoms with van der Waals surface area (Å²) >= 11 is 0. The Kier molecular flexibility index (Phi) is 5.32. The van der Waals surface area contributed by atoms with Crippen LogP contribution in [0.5, 0.6) is 0 Å². The quantitative estimate of drug-likeness (QED) is 0.547. The number of hydrogen-bond donors (Lipinski definition) is 3. The van der Waals surface area contributed by atoms with Crippen molar-refractivity contribution in [3.63, 3.8) is 0 Å². The number of benzene rings is 1. The Labute approximate surface area is 118 Å². The topological polar surface area (TPSA) is 92.4 Å². The van der Waals surface area contributed by atoms with Gasteiger partial charge in [-0.25, -0.2) is 4.79 Å². The van der Waals surface area contributed by atoms with Crippen molar-refractivity contribution in [3.05, 3.63) is 35.9 Å². The number of nitrogens with two attached hydrogens (primary N) is 1. The minimum atomic E-state index is -1.21. The van der Waals surface area contributed by atoms with Gasteiger partial charge >= 0.3 is 5.97 Å². The van der Waals surface area contributed by atoms with Crippen LogP contribution >= 0.6 is 0 Å². The maximum absolute atomic E-state index is 11.8. The highest BCUT2D eigenvalue weighted by Crippen LogP contribution is 2.15. The summed E-state index contributed by atoms with van der Waals surface area (Å²) < 4.78 is 0. The van der Waals surface area contributed by atoms with E-state index in [1.807, 2.05) is 6.07 Å². The van der Waals surface area contributed by atoms with Crippen LogP contribution in [0.3, 0.4) is 0 Å². The Morgan fingerprint density at radius 2 is 2.00 bits per heavy atom. The second kappa shape index (κ2) is 6.75. The lowest BCUT2D eigenvalue weighted by molar-refractivity contribution is -0.147. The summed E-state index contributed by atoms with van der Waals surface area (Å²) in [6.07, 6.45) is 3.58. The maximum atomic E-state index is 11.8. The summed E-state index contributed by atoms with van der Waals surface area (Å²) in [7, 11) is 0. The summed E-state index contributed by atoms with van der Waals surface area (Å²) in [5.74, 6) is -1.45. The van der Waals surface area contributed by atoms with Gasteiger partial charge in [-0.2, -0.15) is 0 Å². The molecular weight excluding hydrogens is 256 g/mol. The first-order valence-electron chi connectivity index (χ1n) is 6.52. The Bertz CT molecular complexity index is 520. The predicted molar refractivity (Wildman–Crippen MR) is 79.0 cm³/mol. The predicted octanol–water partition coefficient (Wildman–Crippen LogP) is 2.04. The number of carbonyl (C=O) groups is 2. The first-order chi connectivity index (χ1) is 9.43. The number of nitrogen functional groups attached to an aromatic ring is 1. The maximum Gasteiger partial charge on any atom is 0.329 e. The molecule has 1 aromatic carbocycles. The van der Waals surface area contributed by atoms with E-state index in [0.29, 0.717) is 18.5 Å². The molecule has 0 saturated carbocycles. The van der Waals surface area contributed by atoms with Gasteiger partial charge < -0.3 is 16.2 Å². The van der Waals surface area contributed by atoms with E-state index in [1.165, 1.54) is 6.08 Å². The summed E-state index contributed by atoms with van der Waals surface area (Å²) in [5.41, 5.74) is 5.82. The summed E-state index contributed by atoms with van der Waals surface area (Å²) in [6.45, 7) is 3.47. The van der Waals surface area contributed by atoms with Gasteiger partial charge in [0.15, 0.2) is 0 Å². The minimum absolute atomic E-state index is 0.330. The molecule has 0 aliphatic carbocycles. The average Bonchev–Trinajstić information content (AvgIpc) is 2.42. The van der Waals surface area contributed by atoms with Crippen molar-refractivity contribution in [2.45, 2.75) is 32.2 Å². The molecule has 0 heterocycles. The molecule has 0 aliphatic heterocycles. The molecule has 108 valence electrons. The fraction of sp³-hybridized carbons (Fsp3) is 0.333. The lowest BCUT2D eigenvalue weighted by atomic mass is 9.93. The van der Waals surface area contributed by atoms with Crippen LogP contribution in [-0.4, -0.2) is 22.5 Å². The molecule has 0 fully saturated rings. The Morgan fingerprint density at radius 1 is 1.35 bits per heavy atom. The number of amides is 1. The average molecular weight is 276 g/mol. The van der Waals surface area contributed by atoms with Gasteiger partial charge in [0.05, 0.1) is 0 Å². The lowest BCUT2D eigenvalue weighted by Crippen LogP contribution is -2.53. The van der Waals surface area contributed by atoms with Gasteiger partial charge in [-0.05, 0) is 36.6 Å². The van der Waals surface area contributed by atoms with Crippen molar-refractivity contribution in [3.8, 4) is 0 Å². The van der Waals surface area contributed by atoms with Crippen LogP contribution < -0.4 is 11.1 Å². The van der Waals surface area contributed by atoms with Crippen molar-refractivity contribution in [1.82, 2.24) is 5.32 Å². The van der Waals surface area contributed by atoms with Gasteiger partial charge in [-0.3, -0.25) is 4.79 Å². The van der Waals surface area contributed by atoms with E-state index in [4.69, 9.17) is 5.73 Å². The molecule has 0 aromatic heterocycles. The third-order valence-electron chi connectivity index (χ3n) is 3.32. The first-order valence-corrected chi connectivity index (χ1v) is 6.52. The number of nitrogens with one attached hydrogen (secondary N) is 1. The molecule has 0 atom stereocenters. The van der Waals surface area contributed by atoms with Gasteiger partial charge in [0.2, 0.25) is 5.91 Å². The Hall–Kier alpha value is -2.30. The van der Waals surface area contributed by atoms with E-state index in [2.05, 4.69) is 5.32 Å². The normalized spacial score (nSPS) is 11.5. The lowest BCUT2D eigenvalue weighted by Gasteiger charge is -2.27. The van der Waals surface area contributed by atoms with Crippen LogP contribution in [0, 0.1) is 0 Å². The number of carbonyl (C=O) groups excluding carboxylic acids is 1. The third-order valence-corrected chi connectivity index (χ3v) is 3.32. The highest BCUT2D eigenvalue weighted by atomic mass is 16.4. The monoisotopic (exact) mass is 276 g/mol. The molecule has 0 spiro atoms. The van der Waals surface area contributed by atoms with Gasteiger partial charge in [0.25, 0.3) is 0 Å². The largest absolute Gasteiger partial charge is 0.480 e. The zero-order valence-corrected chi connectivity index (χ0v) is 11.7. The molecule has 1 rings (SSSR count). The molecule has 5 heteroatoms. The molecule has 0 aliphatic rings. The molecule has 4 N–H and O–H groups in total. The number of carboxylic acids is 1. The summed E-state index contributed by atoms with van der Waals surface area (Å²) in [5, 5.41) is 11.8. The van der Waals surface area contributed by atoms with Crippen LogP contribution in [0.1, 0.15) is 32.3 Å². The zero-order chi connectivity index (χ0) is 15.2. The van der Waals surface area contributed by atoms with Crippen molar-refractivity contribution >= 4 is 23.6 Å². The molecule has 0 saturated heterocycles. The van der Waals surface area contributed by atoms with E-state index < -0.39 is 17.4 Å². The van der Waals surface area contributed by atoms with Crippen molar-refractivity contribution in [2.24, 2.45) is 0 Å². The van der Waals surface area contributed by atoms with Crippen LogP contribution in [0.15, 0.2) is 30.3 Å². The number of aliphatic carboxylic acids is 1. The number of hydrogen-bond acceptors (Lipinski definition) is 3. The summed E-state index contributed by atoms with van der Waals surface area (Å²) in [6, 6.07) is 7.08. The van der Waals surface area contributed by atoms with Gasteiger partial charge in [0, 0.05) is 11.8 Å². The second-order valence-electron chi connectivity index (χ2n) is 4.59. The number of carboxylic acid groups (broad SMARTS) is 1. The highest BCUT2D eigenvalue weighted by Gasteiger charge is 2.35. The number of anilines is 1. The Morgan fingerprint density at radius 3 is 2.50 bits per heavy atom. The standard InChI is InChI=1S/C15H20N2O3/c1-3-15(4-2,14(19)20)17-13(18)9-8-11-6-5-7-12(16)10-11/h5-10H,3-4,16H2,1-2H3,(H,17,18)(H,19,20)/b9-8+. The molecule has 0 radical (unpaired) electrons. The van der Waals surface area contributed by atoms with Crippen LogP contribution in [-0.2, 0) is 9.59 Å². The fourth-order valence-electron chi connectivity index (χ4n) is 1.89. The van der Waals surface area contributed by atoms with E-state index >= 15 is 0 Å². The SMILES string of the molecule is CCC(CC)(NC(=O)/C=C/c1cccc(N)c1)C(=O)O. The molecule has 1 aromatic rings.